The Morgan fingerprint density at radius 3 is 2.34 bits per heavy atom. The lowest BCUT2D eigenvalue weighted by Crippen LogP contribution is -2.53. The Labute approximate surface area is 415 Å². The first-order valence-electron chi connectivity index (χ1n) is 23.2. The number of nitrogens with two attached hydrogens (primary N) is 2. The first-order valence-corrected chi connectivity index (χ1v) is 23.2. The van der Waals surface area contributed by atoms with Gasteiger partial charge in [-0.2, -0.15) is 15.2 Å². The minimum atomic E-state index is -1.28. The van der Waals surface area contributed by atoms with Crippen molar-refractivity contribution in [2.45, 2.75) is 84.0 Å². The van der Waals surface area contributed by atoms with E-state index in [-0.39, 0.29) is 102 Å². The van der Waals surface area contributed by atoms with Crippen molar-refractivity contribution in [1.82, 2.24) is 71.3 Å². The number of aromatic amines is 1. The average molecular weight is 1000 g/mol. The average Bonchev–Trinajstić information content (AvgIpc) is 4.12. The van der Waals surface area contributed by atoms with Crippen LogP contribution in [-0.4, -0.2) is 134 Å². The van der Waals surface area contributed by atoms with Gasteiger partial charge in [0.05, 0.1) is 24.0 Å². The van der Waals surface area contributed by atoms with Gasteiger partial charge in [0.2, 0.25) is 29.5 Å². The number of benzene rings is 2. The molecule has 2 aromatic carbocycles. The summed E-state index contributed by atoms with van der Waals surface area (Å²) in [4.78, 5) is 120. The maximum absolute atomic E-state index is 13.5. The van der Waals surface area contributed by atoms with Crippen LogP contribution in [0.3, 0.4) is 0 Å². The summed E-state index contributed by atoms with van der Waals surface area (Å²) in [6, 6.07) is 7.82. The number of amides is 7. The van der Waals surface area contributed by atoms with Crippen molar-refractivity contribution >= 4 is 86.8 Å². The number of aliphatic carboxylic acids is 1. The van der Waals surface area contributed by atoms with Gasteiger partial charge in [-0.15, -0.1) is 10.2 Å². The summed E-state index contributed by atoms with van der Waals surface area (Å²) >= 11 is 0. The van der Waals surface area contributed by atoms with E-state index in [9.17, 15) is 43.5 Å². The number of anilines is 3. The van der Waals surface area contributed by atoms with Crippen LogP contribution in [0.4, 0.5) is 17.5 Å². The summed E-state index contributed by atoms with van der Waals surface area (Å²) in [7, 11) is 0. The molecule has 0 saturated carbocycles. The Hall–Kier alpha value is -9.23. The van der Waals surface area contributed by atoms with Crippen molar-refractivity contribution < 1.29 is 43.5 Å². The van der Waals surface area contributed by atoms with Crippen LogP contribution >= 0.6 is 0 Å². The quantitative estimate of drug-likeness (QED) is 0.0322. The van der Waals surface area contributed by atoms with Crippen LogP contribution in [0.15, 0.2) is 67.0 Å². The first kappa shape index (κ1) is 51.6. The Balaban J connectivity index is 0.882. The second kappa shape index (κ2) is 23.1. The molecule has 0 saturated heterocycles. The lowest BCUT2D eigenvalue weighted by molar-refractivity contribution is -0.139. The van der Waals surface area contributed by atoms with Crippen molar-refractivity contribution in [1.29, 1.82) is 0 Å². The van der Waals surface area contributed by atoms with Crippen LogP contribution < -0.4 is 38.1 Å². The number of carbonyl (C=O) groups is 8. The first-order chi connectivity index (χ1) is 34.9. The summed E-state index contributed by atoms with van der Waals surface area (Å²) in [5, 5.41) is 38.0. The molecule has 73 heavy (non-hydrogen) atoms. The minimum Gasteiger partial charge on any atom is -0.480 e. The number of hydrogen-bond acceptors (Lipinski definition) is 17. The number of carbonyl (C=O) groups excluding carboxylic acids is 7. The number of aromatic nitrogens is 9. The lowest BCUT2D eigenvalue weighted by atomic mass is 10.0. The largest absolute Gasteiger partial charge is 0.480 e. The minimum absolute atomic E-state index is 0.0113. The molecule has 1 aliphatic heterocycles. The van der Waals surface area contributed by atoms with E-state index in [1.165, 1.54) is 37.3 Å². The van der Waals surface area contributed by atoms with Crippen LogP contribution in [-0.2, 0) is 35.3 Å². The zero-order valence-corrected chi connectivity index (χ0v) is 39.9. The van der Waals surface area contributed by atoms with Gasteiger partial charge >= 0.3 is 5.97 Å². The van der Waals surface area contributed by atoms with Gasteiger partial charge in [0.1, 0.15) is 18.1 Å². The number of tetrazole rings is 1. The number of carboxylic acid groups (broad SMARTS) is 1. The maximum Gasteiger partial charge on any atom is 0.326 e. The molecule has 0 unspecified atom stereocenters. The zero-order chi connectivity index (χ0) is 52.3. The molecule has 380 valence electrons. The highest BCUT2D eigenvalue weighted by atomic mass is 16.4. The molecule has 3 atom stereocenters. The van der Waals surface area contributed by atoms with Crippen molar-refractivity contribution in [2.24, 2.45) is 5.92 Å². The molecule has 26 nitrogen and oxygen atoms in total. The predicted molar refractivity (Wildman–Crippen MR) is 262 cm³/mol. The molecule has 11 N–H and O–H groups in total. The van der Waals surface area contributed by atoms with Crippen molar-refractivity contribution in [3.63, 3.8) is 0 Å². The van der Waals surface area contributed by atoms with E-state index in [1.807, 2.05) is 10.8 Å². The number of rotatable bonds is 23. The number of nitrogens with zero attached hydrogens (tertiary/aromatic N) is 9. The molecule has 6 aromatic rings. The maximum atomic E-state index is 13.5. The highest BCUT2D eigenvalue weighted by molar-refractivity contribution is 6.13. The van der Waals surface area contributed by atoms with E-state index >= 15 is 0 Å². The monoisotopic (exact) mass is 999 g/mol. The van der Waals surface area contributed by atoms with Gasteiger partial charge < -0.3 is 47.7 Å². The fraction of sp³-hybridized carbons (Fsp3) is 0.340. The van der Waals surface area contributed by atoms with E-state index in [1.54, 1.807) is 44.3 Å². The Kier molecular flexibility index (Phi) is 16.4. The third-order valence-corrected chi connectivity index (χ3v) is 11.7. The third kappa shape index (κ3) is 13.0. The van der Waals surface area contributed by atoms with E-state index < -0.39 is 47.7 Å². The molecule has 0 fully saturated rings. The van der Waals surface area contributed by atoms with Crippen LogP contribution in [0.1, 0.15) is 85.7 Å². The van der Waals surface area contributed by atoms with Crippen LogP contribution in [0.25, 0.3) is 33.5 Å². The summed E-state index contributed by atoms with van der Waals surface area (Å²) in [6.45, 7) is 5.56. The van der Waals surface area contributed by atoms with Crippen LogP contribution in [0, 0.1) is 5.92 Å². The van der Waals surface area contributed by atoms with Gasteiger partial charge in [-0.3, -0.25) is 38.5 Å². The Bertz CT molecular complexity index is 3100. The number of imide groups is 1. The second-order valence-corrected chi connectivity index (χ2v) is 17.5. The summed E-state index contributed by atoms with van der Waals surface area (Å²) in [5.74, 6) is -4.92. The molecule has 0 spiro atoms. The van der Waals surface area contributed by atoms with Gasteiger partial charge in [-0.1, -0.05) is 20.3 Å². The highest BCUT2D eigenvalue weighted by Gasteiger charge is 2.28. The van der Waals surface area contributed by atoms with Crippen molar-refractivity contribution in [3.8, 4) is 11.4 Å². The van der Waals surface area contributed by atoms with Crippen LogP contribution in [0.2, 0.25) is 0 Å². The zero-order valence-electron chi connectivity index (χ0n) is 39.9. The highest BCUT2D eigenvalue weighted by Crippen LogP contribution is 2.25. The van der Waals surface area contributed by atoms with E-state index in [0.717, 1.165) is 10.4 Å². The lowest BCUT2D eigenvalue weighted by Gasteiger charge is -2.24. The Morgan fingerprint density at radius 1 is 0.836 bits per heavy atom. The van der Waals surface area contributed by atoms with E-state index in [2.05, 4.69) is 67.1 Å². The summed E-state index contributed by atoms with van der Waals surface area (Å²) in [5.41, 5.74) is 14.3. The van der Waals surface area contributed by atoms with Gasteiger partial charge in [0, 0.05) is 65.6 Å². The molecule has 5 heterocycles. The third-order valence-electron chi connectivity index (χ3n) is 11.7. The van der Waals surface area contributed by atoms with Crippen molar-refractivity contribution in [2.75, 3.05) is 29.9 Å². The topological polar surface area (TPSA) is 383 Å². The van der Waals surface area contributed by atoms with Crippen molar-refractivity contribution in [3.05, 3.63) is 83.8 Å². The molecule has 7 amide bonds. The Morgan fingerprint density at radius 2 is 1.62 bits per heavy atom. The molecular formula is C47H53N17O9. The van der Waals surface area contributed by atoms with Gasteiger partial charge in [-0.05, 0) is 86.2 Å². The van der Waals surface area contributed by atoms with E-state index in [0.29, 0.717) is 42.4 Å². The van der Waals surface area contributed by atoms with Crippen LogP contribution in [0.5, 0.6) is 0 Å². The molecule has 4 aromatic heterocycles. The fourth-order valence-electron chi connectivity index (χ4n) is 7.88. The number of unbranched alkanes of at least 4 members (excludes halogenated alkanes) is 2. The number of carboxylic acids is 1. The molecule has 26 heteroatoms. The SMILES string of the molecule is CC(C)[C@H](NC(=O)CCCCCN1C(=O)C=CC1=O)C(=O)N[C@@H](C)C(=O)Nc1ccc(C(=O)NCCC[C@H](NC(=O)c2ccc3c(ccn3Cc3cnc4nc(N)nc(N)c4n3)c2)C(=O)O)c(-c2nn[nH]n2)c1. The van der Waals surface area contributed by atoms with E-state index in [4.69, 9.17) is 11.5 Å². The fourth-order valence-corrected chi connectivity index (χ4v) is 7.88. The molecule has 0 radical (unpaired) electrons. The molecular weight excluding hydrogens is 947 g/mol. The van der Waals surface area contributed by atoms with Gasteiger partial charge in [0.15, 0.2) is 17.0 Å². The normalized spacial score (nSPS) is 13.5. The molecule has 0 bridgehead atoms. The predicted octanol–water partition coefficient (Wildman–Crippen LogP) is 1.23. The number of fused-ring (bicyclic) bond motifs is 2. The molecule has 1 aliphatic rings. The van der Waals surface area contributed by atoms with Gasteiger partial charge in [0.25, 0.3) is 23.6 Å². The summed E-state index contributed by atoms with van der Waals surface area (Å²) in [6.07, 6.45) is 7.63. The molecule has 0 aliphatic carbocycles. The smallest absolute Gasteiger partial charge is 0.326 e. The second-order valence-electron chi connectivity index (χ2n) is 17.5. The number of nitrogens with one attached hydrogen (secondary N) is 6. The number of nitrogen functional groups attached to an aromatic ring is 2. The molecule has 7 rings (SSSR count). The standard InChI is InChI=1S/C47H53N17O9/c1-24(2)37(56-34(65)9-5-4-6-18-64-35(66)14-15-36(64)67)45(71)52-25(3)42(68)54-28-11-12-30(31(21-28)40-59-61-62-60-40)44(70)50-17-7-8-32(46(72)73)55-43(69)27-10-13-33-26(20-27)16-19-63(33)23-29-22-51-41-38(53-29)39(48)57-47(49)58-41/h10-16,19-22,24-25,32,37H,4-9,17-18,23H2,1-3H3,(H,50,70)(H,52,71)(H,54,68)(H,55,69)(H,56,65)(H,72,73)(H,59,60,61,62)(H4,48,49,51,57,58)/t25-,32-,37-/m0/s1. The number of hydrogen-bond donors (Lipinski definition) is 9. The van der Waals surface area contributed by atoms with Gasteiger partial charge in [-0.25, -0.2) is 14.8 Å². The number of H-pyrrole nitrogens is 1. The summed E-state index contributed by atoms with van der Waals surface area (Å²) < 4.78 is 1.90.